The molecule has 0 unspecified atom stereocenters. The summed E-state index contributed by atoms with van der Waals surface area (Å²) in [6.45, 7) is 2.04. The topological polar surface area (TPSA) is 69.7 Å². The van der Waals surface area contributed by atoms with Crippen LogP contribution in [0.25, 0.3) is 0 Å². The largest absolute Gasteiger partial charge is 0.460 e. The standard InChI is InChI=1S/C11H11ClF2O5S/c1-2-18-3-4-19-11(15)8-5-7(13)6-9(10(8)14)20(12,16)17/h5-6H,2-4H2,1H3. The Bertz CT molecular complexity index is 603. The fraction of sp³-hybridized carbons (Fsp3) is 0.364. The number of esters is 1. The maximum atomic E-state index is 13.8. The first kappa shape index (κ1) is 16.8. The number of hydrogen-bond acceptors (Lipinski definition) is 5. The first-order chi connectivity index (χ1) is 9.27. The summed E-state index contributed by atoms with van der Waals surface area (Å²) in [5.41, 5.74) is -0.847. The molecular weight excluding hydrogens is 318 g/mol. The van der Waals surface area contributed by atoms with E-state index in [9.17, 15) is 22.0 Å². The summed E-state index contributed by atoms with van der Waals surface area (Å²) in [7, 11) is 0.435. The molecule has 0 spiro atoms. The zero-order chi connectivity index (χ0) is 15.3. The molecule has 0 radical (unpaired) electrons. The molecule has 1 aromatic carbocycles. The summed E-state index contributed by atoms with van der Waals surface area (Å²) in [5, 5.41) is 0. The van der Waals surface area contributed by atoms with E-state index < -0.39 is 37.1 Å². The van der Waals surface area contributed by atoms with Gasteiger partial charge in [-0.05, 0) is 19.1 Å². The van der Waals surface area contributed by atoms with Crippen LogP contribution in [-0.4, -0.2) is 34.2 Å². The van der Waals surface area contributed by atoms with Crippen LogP contribution in [0, 0.1) is 11.6 Å². The summed E-state index contributed by atoms with van der Waals surface area (Å²) in [6, 6.07) is 0.915. The van der Waals surface area contributed by atoms with Gasteiger partial charge in [0.2, 0.25) is 0 Å². The fourth-order valence-electron chi connectivity index (χ4n) is 1.31. The summed E-state index contributed by atoms with van der Waals surface area (Å²) < 4.78 is 58.7. The Balaban J connectivity index is 3.01. The van der Waals surface area contributed by atoms with Gasteiger partial charge in [0.25, 0.3) is 9.05 Å². The molecule has 0 aliphatic heterocycles. The van der Waals surface area contributed by atoms with E-state index in [1.54, 1.807) is 6.92 Å². The van der Waals surface area contributed by atoms with Crippen LogP contribution >= 0.6 is 10.7 Å². The summed E-state index contributed by atoms with van der Waals surface area (Å²) in [4.78, 5) is 10.4. The van der Waals surface area contributed by atoms with Crippen LogP contribution in [-0.2, 0) is 18.5 Å². The Morgan fingerprint density at radius 1 is 1.30 bits per heavy atom. The highest BCUT2D eigenvalue weighted by Crippen LogP contribution is 2.23. The molecule has 0 saturated carbocycles. The molecule has 0 aliphatic carbocycles. The number of ether oxygens (including phenoxy) is 2. The third kappa shape index (κ3) is 4.39. The van der Waals surface area contributed by atoms with Gasteiger partial charge in [-0.1, -0.05) is 0 Å². The van der Waals surface area contributed by atoms with Gasteiger partial charge in [0.05, 0.1) is 12.2 Å². The SMILES string of the molecule is CCOCCOC(=O)c1cc(F)cc(S(=O)(=O)Cl)c1F. The van der Waals surface area contributed by atoms with Crippen molar-refractivity contribution in [1.82, 2.24) is 0 Å². The number of rotatable bonds is 6. The van der Waals surface area contributed by atoms with Gasteiger partial charge in [-0.3, -0.25) is 0 Å². The van der Waals surface area contributed by atoms with E-state index in [0.717, 1.165) is 0 Å². The fourth-order valence-corrected chi connectivity index (χ4v) is 2.22. The Hall–Kier alpha value is -1.25. The van der Waals surface area contributed by atoms with Crippen molar-refractivity contribution in [3.8, 4) is 0 Å². The molecule has 0 N–H and O–H groups in total. The molecule has 0 heterocycles. The smallest absolute Gasteiger partial charge is 0.341 e. The lowest BCUT2D eigenvalue weighted by Crippen LogP contribution is -2.14. The predicted molar refractivity (Wildman–Crippen MR) is 66.2 cm³/mol. The summed E-state index contributed by atoms with van der Waals surface area (Å²) >= 11 is 0. The van der Waals surface area contributed by atoms with Gasteiger partial charge in [0.1, 0.15) is 17.3 Å². The van der Waals surface area contributed by atoms with Gasteiger partial charge in [-0.2, -0.15) is 0 Å². The van der Waals surface area contributed by atoms with Crippen molar-refractivity contribution in [3.63, 3.8) is 0 Å². The van der Waals surface area contributed by atoms with Crippen molar-refractivity contribution in [2.24, 2.45) is 0 Å². The second-order valence-electron chi connectivity index (χ2n) is 3.54. The van der Waals surface area contributed by atoms with Gasteiger partial charge < -0.3 is 9.47 Å². The van der Waals surface area contributed by atoms with Crippen LogP contribution in [0.1, 0.15) is 17.3 Å². The first-order valence-corrected chi connectivity index (χ1v) is 7.77. The van der Waals surface area contributed by atoms with Crippen molar-refractivity contribution >= 4 is 25.7 Å². The third-order valence-corrected chi connectivity index (χ3v) is 3.47. The van der Waals surface area contributed by atoms with Crippen molar-refractivity contribution in [1.29, 1.82) is 0 Å². The molecule has 0 atom stereocenters. The van der Waals surface area contributed by atoms with E-state index in [1.807, 2.05) is 0 Å². The van der Waals surface area contributed by atoms with Gasteiger partial charge in [-0.25, -0.2) is 22.0 Å². The molecule has 0 bridgehead atoms. The van der Waals surface area contributed by atoms with E-state index in [0.29, 0.717) is 18.7 Å². The van der Waals surface area contributed by atoms with Crippen molar-refractivity contribution < 1.29 is 31.5 Å². The zero-order valence-corrected chi connectivity index (χ0v) is 11.9. The lowest BCUT2D eigenvalue weighted by Gasteiger charge is -2.08. The second-order valence-corrected chi connectivity index (χ2v) is 6.07. The predicted octanol–water partition coefficient (Wildman–Crippen LogP) is 2.09. The highest BCUT2D eigenvalue weighted by Gasteiger charge is 2.25. The van der Waals surface area contributed by atoms with Crippen LogP contribution in [0.15, 0.2) is 17.0 Å². The minimum Gasteiger partial charge on any atom is -0.460 e. The average Bonchev–Trinajstić information content (AvgIpc) is 2.35. The highest BCUT2D eigenvalue weighted by molar-refractivity contribution is 8.13. The van der Waals surface area contributed by atoms with Crippen molar-refractivity contribution in [2.45, 2.75) is 11.8 Å². The molecule has 112 valence electrons. The minimum absolute atomic E-state index is 0.0832. The molecule has 20 heavy (non-hydrogen) atoms. The molecule has 5 nitrogen and oxygen atoms in total. The zero-order valence-electron chi connectivity index (χ0n) is 10.4. The number of halogens is 3. The molecule has 0 aliphatic rings. The molecular formula is C11H11ClF2O5S. The van der Waals surface area contributed by atoms with Gasteiger partial charge in [0, 0.05) is 17.3 Å². The molecule has 1 aromatic rings. The lowest BCUT2D eigenvalue weighted by molar-refractivity contribution is 0.0329. The Morgan fingerprint density at radius 3 is 2.50 bits per heavy atom. The van der Waals surface area contributed by atoms with E-state index in [2.05, 4.69) is 4.74 Å². The van der Waals surface area contributed by atoms with Crippen LogP contribution in [0.4, 0.5) is 8.78 Å². The molecule has 0 amide bonds. The number of benzene rings is 1. The Kier molecular flexibility index (Phi) is 5.85. The monoisotopic (exact) mass is 328 g/mol. The molecule has 0 saturated heterocycles. The van der Waals surface area contributed by atoms with Crippen molar-refractivity contribution in [3.05, 3.63) is 29.3 Å². The normalized spacial score (nSPS) is 11.4. The van der Waals surface area contributed by atoms with Crippen LogP contribution in [0.3, 0.4) is 0 Å². The number of hydrogen-bond donors (Lipinski definition) is 0. The van der Waals surface area contributed by atoms with Crippen LogP contribution in [0.5, 0.6) is 0 Å². The quantitative estimate of drug-likeness (QED) is 0.454. The van der Waals surface area contributed by atoms with Crippen LogP contribution < -0.4 is 0 Å². The summed E-state index contributed by atoms with van der Waals surface area (Å²) in [5.74, 6) is -3.78. The maximum Gasteiger partial charge on any atom is 0.341 e. The molecule has 1 rings (SSSR count). The van der Waals surface area contributed by atoms with Crippen LogP contribution in [0.2, 0.25) is 0 Å². The average molecular weight is 329 g/mol. The van der Waals surface area contributed by atoms with Gasteiger partial charge in [0.15, 0.2) is 5.82 Å². The highest BCUT2D eigenvalue weighted by atomic mass is 35.7. The molecule has 9 heteroatoms. The van der Waals surface area contributed by atoms with E-state index in [-0.39, 0.29) is 13.2 Å². The molecule has 0 fully saturated rings. The van der Waals surface area contributed by atoms with Gasteiger partial charge >= 0.3 is 5.97 Å². The number of carbonyl (C=O) groups excluding carboxylic acids is 1. The first-order valence-electron chi connectivity index (χ1n) is 5.46. The lowest BCUT2D eigenvalue weighted by atomic mass is 10.2. The van der Waals surface area contributed by atoms with Gasteiger partial charge in [-0.15, -0.1) is 0 Å². The summed E-state index contributed by atoms with van der Waals surface area (Å²) in [6.07, 6.45) is 0. The Morgan fingerprint density at radius 2 is 1.95 bits per heavy atom. The van der Waals surface area contributed by atoms with E-state index in [1.165, 1.54) is 0 Å². The maximum absolute atomic E-state index is 13.8. The Labute approximate surface area is 118 Å². The third-order valence-electron chi connectivity index (χ3n) is 2.15. The van der Waals surface area contributed by atoms with Crippen molar-refractivity contribution in [2.75, 3.05) is 19.8 Å². The molecule has 0 aromatic heterocycles. The van der Waals surface area contributed by atoms with E-state index >= 15 is 0 Å². The second kappa shape index (κ2) is 6.96. The van der Waals surface area contributed by atoms with E-state index in [4.69, 9.17) is 15.4 Å². The number of carbonyl (C=O) groups is 1. The minimum atomic E-state index is -4.52.